The SMILES string of the molecule is Cc1cnc2c(C#N)cc(Cc3cc(C(=O)NCc4cnc5[nH]cc(Cl)c5c4F)ccn3)cc2c1. The second kappa shape index (κ2) is 9.12. The number of halogens is 2. The minimum Gasteiger partial charge on any atom is -0.348 e. The zero-order valence-corrected chi connectivity index (χ0v) is 19.3. The summed E-state index contributed by atoms with van der Waals surface area (Å²) in [6.45, 7) is 1.90. The molecule has 0 atom stereocenters. The Balaban J connectivity index is 1.35. The molecule has 172 valence electrons. The number of amides is 1. The summed E-state index contributed by atoms with van der Waals surface area (Å²) in [5, 5.41) is 13.6. The quantitative estimate of drug-likeness (QED) is 0.365. The van der Waals surface area contributed by atoms with Crippen molar-refractivity contribution in [2.24, 2.45) is 0 Å². The molecule has 1 aromatic carbocycles. The molecule has 0 saturated carbocycles. The number of nitrogens with one attached hydrogen (secondary N) is 2. The molecule has 1 amide bonds. The van der Waals surface area contributed by atoms with Crippen molar-refractivity contribution in [2.45, 2.75) is 19.9 Å². The summed E-state index contributed by atoms with van der Waals surface area (Å²) in [4.78, 5) is 28.5. The molecule has 0 aliphatic heterocycles. The smallest absolute Gasteiger partial charge is 0.251 e. The lowest BCUT2D eigenvalue weighted by atomic mass is 10.0. The van der Waals surface area contributed by atoms with Crippen LogP contribution in [-0.2, 0) is 13.0 Å². The molecule has 7 nitrogen and oxygen atoms in total. The van der Waals surface area contributed by atoms with E-state index in [0.717, 1.165) is 16.5 Å². The summed E-state index contributed by atoms with van der Waals surface area (Å²) < 4.78 is 14.8. The van der Waals surface area contributed by atoms with Gasteiger partial charge in [-0.3, -0.25) is 14.8 Å². The molecule has 0 bridgehead atoms. The van der Waals surface area contributed by atoms with Gasteiger partial charge in [0, 0.05) is 60.0 Å². The Bertz CT molecular complexity index is 1660. The van der Waals surface area contributed by atoms with Crippen molar-refractivity contribution in [3.63, 3.8) is 0 Å². The molecule has 35 heavy (non-hydrogen) atoms. The molecule has 0 saturated heterocycles. The Morgan fingerprint density at radius 3 is 2.89 bits per heavy atom. The maximum absolute atomic E-state index is 14.8. The molecule has 0 unspecified atom stereocenters. The number of aromatic amines is 1. The molecule has 0 aliphatic carbocycles. The number of hydrogen-bond acceptors (Lipinski definition) is 5. The van der Waals surface area contributed by atoms with Gasteiger partial charge in [-0.05, 0) is 48.4 Å². The molecule has 9 heteroatoms. The first-order chi connectivity index (χ1) is 16.9. The number of aromatic nitrogens is 4. The van der Waals surface area contributed by atoms with Crippen LogP contribution < -0.4 is 5.32 Å². The minimum absolute atomic E-state index is 0.0463. The molecule has 5 rings (SSSR count). The number of hydrogen-bond donors (Lipinski definition) is 2. The predicted molar refractivity (Wildman–Crippen MR) is 130 cm³/mol. The lowest BCUT2D eigenvalue weighted by molar-refractivity contribution is 0.0950. The van der Waals surface area contributed by atoms with Gasteiger partial charge in [0.25, 0.3) is 5.91 Å². The van der Waals surface area contributed by atoms with Gasteiger partial charge in [-0.1, -0.05) is 11.6 Å². The van der Waals surface area contributed by atoms with Crippen molar-refractivity contribution in [2.75, 3.05) is 0 Å². The van der Waals surface area contributed by atoms with E-state index >= 15 is 0 Å². The minimum atomic E-state index is -0.522. The van der Waals surface area contributed by atoms with Gasteiger partial charge in [0.05, 0.1) is 21.5 Å². The summed E-state index contributed by atoms with van der Waals surface area (Å²) in [5.41, 5.74) is 4.66. The van der Waals surface area contributed by atoms with Crippen LogP contribution in [0.1, 0.15) is 38.3 Å². The molecule has 0 spiro atoms. The van der Waals surface area contributed by atoms with Crippen LogP contribution >= 0.6 is 11.6 Å². The maximum atomic E-state index is 14.8. The van der Waals surface area contributed by atoms with E-state index in [0.29, 0.717) is 34.4 Å². The number of carbonyl (C=O) groups is 1. The molecular formula is C26H18ClFN6O. The molecule has 4 aromatic heterocycles. The van der Waals surface area contributed by atoms with Crippen LogP contribution in [0.5, 0.6) is 0 Å². The van der Waals surface area contributed by atoms with Crippen LogP contribution in [0.15, 0.2) is 55.1 Å². The Hall–Kier alpha value is -4.35. The first kappa shape index (κ1) is 22.4. The number of aryl methyl sites for hydroxylation is 1. The fourth-order valence-electron chi connectivity index (χ4n) is 3.99. The normalized spacial score (nSPS) is 11.0. The summed E-state index contributed by atoms with van der Waals surface area (Å²) in [6.07, 6.45) is 6.55. The largest absolute Gasteiger partial charge is 0.348 e. The number of benzene rings is 1. The molecule has 0 fully saturated rings. The topological polar surface area (TPSA) is 107 Å². The van der Waals surface area contributed by atoms with Crippen LogP contribution in [0.3, 0.4) is 0 Å². The van der Waals surface area contributed by atoms with Gasteiger partial charge < -0.3 is 10.3 Å². The summed E-state index contributed by atoms with van der Waals surface area (Å²) in [7, 11) is 0. The van der Waals surface area contributed by atoms with Gasteiger partial charge in [-0.15, -0.1) is 0 Å². The van der Waals surface area contributed by atoms with Gasteiger partial charge in [0.1, 0.15) is 17.5 Å². The van der Waals surface area contributed by atoms with Crippen LogP contribution in [0.25, 0.3) is 21.9 Å². The maximum Gasteiger partial charge on any atom is 0.251 e. The Labute approximate surface area is 204 Å². The van der Waals surface area contributed by atoms with Crippen molar-refractivity contribution in [1.82, 2.24) is 25.3 Å². The van der Waals surface area contributed by atoms with Crippen LogP contribution in [0.4, 0.5) is 4.39 Å². The number of pyridine rings is 3. The predicted octanol–water partition coefficient (Wildman–Crippen LogP) is 5.00. The number of nitrogens with zero attached hydrogens (tertiary/aromatic N) is 4. The average Bonchev–Trinajstić information content (AvgIpc) is 3.24. The van der Waals surface area contributed by atoms with E-state index in [1.165, 1.54) is 12.4 Å². The molecule has 5 aromatic rings. The third-order valence-electron chi connectivity index (χ3n) is 5.67. The summed E-state index contributed by atoms with van der Waals surface area (Å²) in [6, 6.07) is 11.2. The molecule has 0 aliphatic rings. The first-order valence-electron chi connectivity index (χ1n) is 10.8. The zero-order valence-electron chi connectivity index (χ0n) is 18.6. The van der Waals surface area contributed by atoms with Gasteiger partial charge in [0.15, 0.2) is 0 Å². The summed E-state index contributed by atoms with van der Waals surface area (Å²) in [5.74, 6) is -0.893. The van der Waals surface area contributed by atoms with Gasteiger partial charge in [-0.2, -0.15) is 5.26 Å². The van der Waals surface area contributed by atoms with Crippen molar-refractivity contribution in [1.29, 1.82) is 5.26 Å². The van der Waals surface area contributed by atoms with Crippen molar-refractivity contribution < 1.29 is 9.18 Å². The highest BCUT2D eigenvalue weighted by Crippen LogP contribution is 2.26. The van der Waals surface area contributed by atoms with E-state index in [9.17, 15) is 14.4 Å². The van der Waals surface area contributed by atoms with Gasteiger partial charge in [-0.25, -0.2) is 9.37 Å². The van der Waals surface area contributed by atoms with Gasteiger partial charge >= 0.3 is 0 Å². The Kier molecular flexibility index (Phi) is 5.85. The van der Waals surface area contributed by atoms with E-state index in [2.05, 4.69) is 31.3 Å². The van der Waals surface area contributed by atoms with Crippen LogP contribution in [0.2, 0.25) is 5.02 Å². The van der Waals surface area contributed by atoms with Crippen molar-refractivity contribution in [3.05, 3.63) is 99.5 Å². The second-order valence-corrected chi connectivity index (χ2v) is 8.60. The number of fused-ring (bicyclic) bond motifs is 2. The van der Waals surface area contributed by atoms with Crippen LogP contribution in [-0.4, -0.2) is 25.8 Å². The highest BCUT2D eigenvalue weighted by Gasteiger charge is 2.15. The standard InChI is InChI=1S/C26H18ClFN6O/c1-14-4-17-5-15(6-18(9-29)24(17)31-10-14)7-20-8-16(2-3-30-20)26(35)34-12-19-11-32-25-22(23(19)28)21(27)13-33-25/h2-6,8,10-11,13H,7,12H2,1H3,(H,32,33)(H,34,35). The lowest BCUT2D eigenvalue weighted by Gasteiger charge is -2.09. The number of carbonyl (C=O) groups excluding carboxylic acids is 1. The van der Waals surface area contributed by atoms with E-state index in [1.54, 1.807) is 30.6 Å². The van der Waals surface area contributed by atoms with Crippen molar-refractivity contribution in [3.8, 4) is 6.07 Å². The molecule has 2 N–H and O–H groups in total. The third-order valence-corrected chi connectivity index (χ3v) is 5.96. The summed E-state index contributed by atoms with van der Waals surface area (Å²) >= 11 is 6.02. The average molecular weight is 485 g/mol. The van der Waals surface area contributed by atoms with E-state index in [-0.39, 0.29) is 28.4 Å². The molecule has 0 radical (unpaired) electrons. The fourth-order valence-corrected chi connectivity index (χ4v) is 4.22. The van der Waals surface area contributed by atoms with Gasteiger partial charge in [0.2, 0.25) is 0 Å². The van der Waals surface area contributed by atoms with Crippen molar-refractivity contribution >= 4 is 39.4 Å². The Morgan fingerprint density at radius 2 is 2.06 bits per heavy atom. The Morgan fingerprint density at radius 1 is 1.20 bits per heavy atom. The second-order valence-electron chi connectivity index (χ2n) is 8.19. The molecular weight excluding hydrogens is 467 g/mol. The fraction of sp³-hybridized carbons (Fsp3) is 0.115. The first-order valence-corrected chi connectivity index (χ1v) is 11.1. The van der Waals surface area contributed by atoms with E-state index in [4.69, 9.17) is 11.6 Å². The van der Waals surface area contributed by atoms with E-state index < -0.39 is 5.82 Å². The third kappa shape index (κ3) is 4.42. The number of H-pyrrole nitrogens is 1. The van der Waals surface area contributed by atoms with E-state index in [1.807, 2.05) is 19.1 Å². The van der Waals surface area contributed by atoms with Crippen LogP contribution in [0, 0.1) is 24.1 Å². The zero-order chi connectivity index (χ0) is 24.5. The lowest BCUT2D eigenvalue weighted by Crippen LogP contribution is -2.23. The highest BCUT2D eigenvalue weighted by molar-refractivity contribution is 6.35. The molecule has 4 heterocycles. The number of rotatable bonds is 5. The monoisotopic (exact) mass is 484 g/mol. The number of nitriles is 1. The highest BCUT2D eigenvalue weighted by atomic mass is 35.5.